The third-order valence-corrected chi connectivity index (χ3v) is 4.56. The quantitative estimate of drug-likeness (QED) is 0.878. The number of carbonyl (C=O) groups excluding carboxylic acids is 2. The number of hydrogen-bond acceptors (Lipinski definition) is 4. The normalized spacial score (nSPS) is 16.6. The second-order valence-corrected chi connectivity index (χ2v) is 6.36. The number of nitrogens with one attached hydrogen (secondary N) is 2. The first-order chi connectivity index (χ1) is 11.7. The van der Waals surface area contributed by atoms with Crippen LogP contribution in [-0.2, 0) is 24.3 Å². The average molecular weight is 325 g/mol. The summed E-state index contributed by atoms with van der Waals surface area (Å²) in [5.41, 5.74) is 3.13. The maximum absolute atomic E-state index is 12.5. The molecule has 2 aliphatic rings. The Hall–Kier alpha value is -2.70. The first-order valence-electron chi connectivity index (χ1n) is 8.24. The number of aromatic amines is 1. The highest BCUT2D eigenvalue weighted by atomic mass is 16.2. The van der Waals surface area contributed by atoms with Crippen LogP contribution in [0.4, 0.5) is 0 Å². The minimum absolute atomic E-state index is 0.196. The number of pyridine rings is 1. The minimum atomic E-state index is -0.225. The van der Waals surface area contributed by atoms with Crippen LogP contribution in [0, 0.1) is 5.92 Å². The van der Waals surface area contributed by atoms with Crippen molar-refractivity contribution in [3.8, 4) is 0 Å². The van der Waals surface area contributed by atoms with Crippen LogP contribution < -0.4 is 5.32 Å². The summed E-state index contributed by atoms with van der Waals surface area (Å²) in [7, 11) is 0. The molecule has 1 fully saturated rings. The minimum Gasteiger partial charge on any atom is -0.346 e. The lowest BCUT2D eigenvalue weighted by Crippen LogP contribution is -2.37. The highest BCUT2D eigenvalue weighted by Gasteiger charge is 2.36. The monoisotopic (exact) mass is 325 g/mol. The van der Waals surface area contributed by atoms with Crippen LogP contribution in [0.5, 0.6) is 0 Å². The number of fused-ring (bicyclic) bond motifs is 1. The summed E-state index contributed by atoms with van der Waals surface area (Å²) in [5.74, 6) is 0.182. The zero-order valence-corrected chi connectivity index (χ0v) is 13.3. The second kappa shape index (κ2) is 6.07. The fraction of sp³-hybridized carbons (Fsp3) is 0.412. The van der Waals surface area contributed by atoms with E-state index in [-0.39, 0.29) is 17.7 Å². The van der Waals surface area contributed by atoms with E-state index in [0.29, 0.717) is 25.3 Å². The van der Waals surface area contributed by atoms with E-state index in [2.05, 4.69) is 20.5 Å². The lowest BCUT2D eigenvalue weighted by molar-refractivity contribution is -0.133. The van der Waals surface area contributed by atoms with Crippen LogP contribution in [0.25, 0.3) is 0 Å². The Balaban J connectivity index is 1.46. The zero-order valence-electron chi connectivity index (χ0n) is 13.3. The van der Waals surface area contributed by atoms with E-state index in [1.165, 1.54) is 0 Å². The van der Waals surface area contributed by atoms with Crippen LogP contribution in [0.15, 0.2) is 24.5 Å². The fourth-order valence-corrected chi connectivity index (χ4v) is 3.03. The van der Waals surface area contributed by atoms with Gasteiger partial charge >= 0.3 is 0 Å². The molecule has 124 valence electrons. The van der Waals surface area contributed by atoms with E-state index in [9.17, 15) is 9.59 Å². The Morgan fingerprint density at radius 2 is 2.25 bits per heavy atom. The van der Waals surface area contributed by atoms with Crippen LogP contribution >= 0.6 is 0 Å². The molecule has 2 aromatic rings. The van der Waals surface area contributed by atoms with Crippen molar-refractivity contribution >= 4 is 11.8 Å². The maximum atomic E-state index is 12.5. The highest BCUT2D eigenvalue weighted by molar-refractivity contribution is 5.94. The molecular weight excluding hydrogens is 306 g/mol. The van der Waals surface area contributed by atoms with Gasteiger partial charge in [0.25, 0.3) is 5.91 Å². The van der Waals surface area contributed by atoms with Crippen molar-refractivity contribution in [2.45, 2.75) is 32.4 Å². The molecule has 2 amide bonds. The van der Waals surface area contributed by atoms with E-state index in [0.717, 1.165) is 36.1 Å². The van der Waals surface area contributed by atoms with Gasteiger partial charge in [0.1, 0.15) is 0 Å². The molecule has 0 saturated heterocycles. The van der Waals surface area contributed by atoms with Gasteiger partial charge < -0.3 is 10.2 Å². The Kier molecular flexibility index (Phi) is 3.76. The van der Waals surface area contributed by atoms with Crippen LogP contribution in [0.1, 0.15) is 40.2 Å². The molecule has 7 heteroatoms. The molecule has 1 aliphatic heterocycles. The van der Waals surface area contributed by atoms with Crippen molar-refractivity contribution in [3.05, 3.63) is 47.0 Å². The van der Waals surface area contributed by atoms with E-state index >= 15 is 0 Å². The maximum Gasteiger partial charge on any atom is 0.272 e. The number of H-pyrrole nitrogens is 1. The molecule has 0 atom stereocenters. The molecule has 3 heterocycles. The molecule has 0 aromatic carbocycles. The molecule has 1 aliphatic carbocycles. The summed E-state index contributed by atoms with van der Waals surface area (Å²) < 4.78 is 0. The number of hydrogen-bond donors (Lipinski definition) is 2. The summed E-state index contributed by atoms with van der Waals surface area (Å²) in [6.07, 6.45) is 6.12. The van der Waals surface area contributed by atoms with Crippen LogP contribution in [-0.4, -0.2) is 38.4 Å². The highest BCUT2D eigenvalue weighted by Crippen LogP contribution is 2.33. The first-order valence-corrected chi connectivity index (χ1v) is 8.24. The Morgan fingerprint density at radius 3 is 3.00 bits per heavy atom. The van der Waals surface area contributed by atoms with Gasteiger partial charge in [-0.2, -0.15) is 5.10 Å². The van der Waals surface area contributed by atoms with Crippen molar-refractivity contribution in [2.75, 3.05) is 6.54 Å². The average Bonchev–Trinajstić information content (AvgIpc) is 3.39. The molecule has 0 radical (unpaired) electrons. The third kappa shape index (κ3) is 2.89. The van der Waals surface area contributed by atoms with Gasteiger partial charge in [-0.25, -0.2) is 0 Å². The Bertz CT molecular complexity index is 767. The smallest absolute Gasteiger partial charge is 0.272 e. The summed E-state index contributed by atoms with van der Waals surface area (Å²) in [6.45, 7) is 1.57. The summed E-state index contributed by atoms with van der Waals surface area (Å²) in [4.78, 5) is 30.6. The van der Waals surface area contributed by atoms with Crippen molar-refractivity contribution in [2.24, 2.45) is 5.92 Å². The number of amides is 2. The number of nitrogens with zero attached hydrogens (tertiary/aromatic N) is 3. The molecule has 2 aromatic heterocycles. The molecular formula is C17H19N5O2. The lowest BCUT2D eigenvalue weighted by atomic mass is 10.0. The zero-order chi connectivity index (χ0) is 16.5. The molecule has 0 spiro atoms. The summed E-state index contributed by atoms with van der Waals surface area (Å²) in [6, 6.07) is 3.74. The topological polar surface area (TPSA) is 91.0 Å². The standard InChI is InChI=1S/C17H19N5O2/c23-16(19-9-11-2-1-6-18-8-11)15-13-10-22(17(24)12-3-4-12)7-5-14(13)20-21-15/h1-2,6,8,12H,3-5,7,9-10H2,(H,19,23)(H,20,21). The molecule has 0 unspecified atom stereocenters. The van der Waals surface area contributed by atoms with E-state index in [4.69, 9.17) is 0 Å². The first kappa shape index (κ1) is 14.9. The van der Waals surface area contributed by atoms with Crippen molar-refractivity contribution in [3.63, 3.8) is 0 Å². The summed E-state index contributed by atoms with van der Waals surface area (Å²) in [5, 5.41) is 9.99. The molecule has 4 rings (SSSR count). The van der Waals surface area contributed by atoms with Gasteiger partial charge in [0.2, 0.25) is 5.91 Å². The van der Waals surface area contributed by atoms with Gasteiger partial charge in [-0.15, -0.1) is 0 Å². The SMILES string of the molecule is O=C(NCc1cccnc1)c1n[nH]c2c1CN(C(=O)C1CC1)CC2. The molecule has 7 nitrogen and oxygen atoms in total. The molecule has 24 heavy (non-hydrogen) atoms. The second-order valence-electron chi connectivity index (χ2n) is 6.36. The summed E-state index contributed by atoms with van der Waals surface area (Å²) >= 11 is 0. The van der Waals surface area contributed by atoms with E-state index in [1.807, 2.05) is 17.0 Å². The van der Waals surface area contributed by atoms with Crippen LogP contribution in [0.2, 0.25) is 0 Å². The third-order valence-electron chi connectivity index (χ3n) is 4.56. The Morgan fingerprint density at radius 1 is 1.38 bits per heavy atom. The van der Waals surface area contributed by atoms with Gasteiger partial charge in [0.15, 0.2) is 5.69 Å². The molecule has 0 bridgehead atoms. The van der Waals surface area contributed by atoms with Gasteiger partial charge in [-0.3, -0.25) is 19.7 Å². The lowest BCUT2D eigenvalue weighted by Gasteiger charge is -2.27. The van der Waals surface area contributed by atoms with Gasteiger partial charge in [0, 0.05) is 55.6 Å². The van der Waals surface area contributed by atoms with Gasteiger partial charge in [-0.05, 0) is 24.5 Å². The Labute approximate surface area is 139 Å². The molecule has 2 N–H and O–H groups in total. The number of carbonyl (C=O) groups is 2. The number of aromatic nitrogens is 3. The molecule has 1 saturated carbocycles. The number of rotatable bonds is 4. The van der Waals surface area contributed by atoms with Crippen molar-refractivity contribution in [1.29, 1.82) is 0 Å². The van der Waals surface area contributed by atoms with E-state index in [1.54, 1.807) is 12.4 Å². The van der Waals surface area contributed by atoms with Crippen molar-refractivity contribution < 1.29 is 9.59 Å². The van der Waals surface area contributed by atoms with Crippen LogP contribution in [0.3, 0.4) is 0 Å². The predicted octanol–water partition coefficient (Wildman–Crippen LogP) is 1.03. The van der Waals surface area contributed by atoms with E-state index < -0.39 is 0 Å². The van der Waals surface area contributed by atoms with Crippen molar-refractivity contribution in [1.82, 2.24) is 25.4 Å². The largest absolute Gasteiger partial charge is 0.346 e. The predicted molar refractivity (Wildman–Crippen MR) is 85.8 cm³/mol. The van der Waals surface area contributed by atoms with Gasteiger partial charge in [-0.1, -0.05) is 6.07 Å². The fourth-order valence-electron chi connectivity index (χ4n) is 3.03. The van der Waals surface area contributed by atoms with Gasteiger partial charge in [0.05, 0.1) is 0 Å².